The van der Waals surface area contributed by atoms with Gasteiger partial charge >= 0.3 is 0 Å². The number of aliphatic hydroxyl groups is 1. The third-order valence-electron chi connectivity index (χ3n) is 5.18. The van der Waals surface area contributed by atoms with Crippen molar-refractivity contribution in [3.8, 4) is 0 Å². The molecule has 0 spiro atoms. The van der Waals surface area contributed by atoms with Crippen molar-refractivity contribution in [2.24, 2.45) is 16.7 Å². The molecule has 0 aliphatic heterocycles. The Morgan fingerprint density at radius 3 is 2.43 bits per heavy atom. The molecule has 1 aliphatic rings. The molecule has 1 fully saturated rings. The van der Waals surface area contributed by atoms with E-state index in [9.17, 15) is 9.50 Å². The van der Waals surface area contributed by atoms with E-state index in [-0.39, 0.29) is 17.8 Å². The van der Waals surface area contributed by atoms with Gasteiger partial charge in [0.05, 0.1) is 0 Å². The third-order valence-corrected chi connectivity index (χ3v) is 5.41. The normalized spacial score (nSPS) is 26.9. The average Bonchev–Trinajstić information content (AvgIpc) is 2.42. The molecule has 1 aromatic rings. The topological polar surface area (TPSA) is 20.2 Å². The van der Waals surface area contributed by atoms with E-state index in [2.05, 4.69) is 20.8 Å². The largest absolute Gasteiger partial charge is 0.396 e. The van der Waals surface area contributed by atoms with Crippen LogP contribution in [0.15, 0.2) is 18.2 Å². The van der Waals surface area contributed by atoms with Crippen molar-refractivity contribution in [3.05, 3.63) is 34.6 Å². The summed E-state index contributed by atoms with van der Waals surface area (Å²) in [5.41, 5.74) is 0.752. The molecular weight excluding hydrogens is 287 g/mol. The number of rotatable bonds is 3. The van der Waals surface area contributed by atoms with Crippen molar-refractivity contribution >= 4 is 11.6 Å². The van der Waals surface area contributed by atoms with Crippen LogP contribution in [0.4, 0.5) is 4.39 Å². The smallest absolute Gasteiger partial charge is 0.126 e. The standard InChI is InChI=1S/C18H26ClFO/c1-17(2,3)14-6-8-18(12-21,9-7-14)11-13-10-15(19)4-5-16(13)20/h4-5,10,14,21H,6-9,11-12H2,1-3H3. The van der Waals surface area contributed by atoms with Gasteiger partial charge in [0.15, 0.2) is 0 Å². The zero-order valence-electron chi connectivity index (χ0n) is 13.3. The zero-order valence-corrected chi connectivity index (χ0v) is 14.0. The van der Waals surface area contributed by atoms with E-state index in [0.29, 0.717) is 28.3 Å². The summed E-state index contributed by atoms with van der Waals surface area (Å²) in [5.74, 6) is 0.464. The van der Waals surface area contributed by atoms with Crippen molar-refractivity contribution in [3.63, 3.8) is 0 Å². The fraction of sp³-hybridized carbons (Fsp3) is 0.667. The van der Waals surface area contributed by atoms with Gasteiger partial charge in [0, 0.05) is 11.6 Å². The molecule has 3 heteroatoms. The molecule has 2 rings (SSSR count). The Bertz CT molecular complexity index is 484. The first-order valence-electron chi connectivity index (χ1n) is 7.81. The second-order valence-electron chi connectivity index (χ2n) is 7.71. The Kier molecular flexibility index (Phi) is 4.99. The van der Waals surface area contributed by atoms with E-state index in [4.69, 9.17) is 11.6 Å². The van der Waals surface area contributed by atoms with Crippen LogP contribution >= 0.6 is 11.6 Å². The first kappa shape index (κ1) is 16.8. The maximum atomic E-state index is 14.0. The highest BCUT2D eigenvalue weighted by Crippen LogP contribution is 2.46. The van der Waals surface area contributed by atoms with Gasteiger partial charge in [-0.3, -0.25) is 0 Å². The van der Waals surface area contributed by atoms with Crippen LogP contribution in [-0.2, 0) is 6.42 Å². The van der Waals surface area contributed by atoms with Gasteiger partial charge in [-0.05, 0) is 72.6 Å². The van der Waals surface area contributed by atoms with Gasteiger partial charge in [-0.15, -0.1) is 0 Å². The van der Waals surface area contributed by atoms with E-state index in [0.717, 1.165) is 25.7 Å². The first-order valence-corrected chi connectivity index (χ1v) is 8.18. The second-order valence-corrected chi connectivity index (χ2v) is 8.15. The Morgan fingerprint density at radius 1 is 1.29 bits per heavy atom. The molecule has 0 amide bonds. The number of hydrogen-bond donors (Lipinski definition) is 1. The lowest BCUT2D eigenvalue weighted by molar-refractivity contribution is 0.0363. The third kappa shape index (κ3) is 3.98. The summed E-state index contributed by atoms with van der Waals surface area (Å²) in [4.78, 5) is 0. The number of halogens is 2. The van der Waals surface area contributed by atoms with Crippen LogP contribution < -0.4 is 0 Å². The fourth-order valence-corrected chi connectivity index (χ4v) is 3.76. The molecule has 0 unspecified atom stereocenters. The van der Waals surface area contributed by atoms with Crippen molar-refractivity contribution in [1.29, 1.82) is 0 Å². The SMILES string of the molecule is CC(C)(C)C1CCC(CO)(Cc2cc(Cl)ccc2F)CC1. The molecule has 1 aliphatic carbocycles. The van der Waals surface area contributed by atoms with Crippen LogP contribution in [0.3, 0.4) is 0 Å². The predicted molar refractivity (Wildman–Crippen MR) is 86.0 cm³/mol. The van der Waals surface area contributed by atoms with Crippen LogP contribution in [-0.4, -0.2) is 11.7 Å². The van der Waals surface area contributed by atoms with Crippen molar-refractivity contribution in [1.82, 2.24) is 0 Å². The minimum atomic E-state index is -0.217. The lowest BCUT2D eigenvalue weighted by Gasteiger charge is -2.43. The molecule has 1 aromatic carbocycles. The zero-order chi connectivity index (χ0) is 15.7. The van der Waals surface area contributed by atoms with Crippen molar-refractivity contribution in [2.45, 2.75) is 52.9 Å². The molecule has 0 saturated heterocycles. The van der Waals surface area contributed by atoms with E-state index in [1.807, 2.05) is 0 Å². The molecular formula is C18H26ClFO. The Balaban J connectivity index is 2.12. The summed E-state index contributed by atoms with van der Waals surface area (Å²) in [7, 11) is 0. The number of hydrogen-bond acceptors (Lipinski definition) is 1. The minimum Gasteiger partial charge on any atom is -0.396 e. The highest BCUT2D eigenvalue weighted by atomic mass is 35.5. The van der Waals surface area contributed by atoms with E-state index in [1.165, 1.54) is 6.07 Å². The highest BCUT2D eigenvalue weighted by Gasteiger charge is 2.38. The van der Waals surface area contributed by atoms with Crippen LogP contribution in [0.1, 0.15) is 52.0 Å². The maximum Gasteiger partial charge on any atom is 0.126 e. The van der Waals surface area contributed by atoms with E-state index in [1.54, 1.807) is 12.1 Å². The summed E-state index contributed by atoms with van der Waals surface area (Å²) in [6.07, 6.45) is 4.69. The van der Waals surface area contributed by atoms with Gasteiger partial charge in [-0.1, -0.05) is 32.4 Å². The molecule has 1 saturated carbocycles. The summed E-state index contributed by atoms with van der Waals surface area (Å²) < 4.78 is 14.0. The number of aliphatic hydroxyl groups excluding tert-OH is 1. The minimum absolute atomic E-state index is 0.121. The summed E-state index contributed by atoms with van der Waals surface area (Å²) in [5, 5.41) is 10.5. The number of benzene rings is 1. The Labute approximate surface area is 132 Å². The summed E-state index contributed by atoms with van der Waals surface area (Å²) in [6, 6.07) is 4.69. The van der Waals surface area contributed by atoms with Gasteiger partial charge in [0.2, 0.25) is 0 Å². The fourth-order valence-electron chi connectivity index (χ4n) is 3.57. The maximum absolute atomic E-state index is 14.0. The monoisotopic (exact) mass is 312 g/mol. The van der Waals surface area contributed by atoms with Crippen molar-refractivity contribution < 1.29 is 9.50 Å². The van der Waals surface area contributed by atoms with E-state index >= 15 is 0 Å². The van der Waals surface area contributed by atoms with Gasteiger partial charge < -0.3 is 5.11 Å². The van der Waals surface area contributed by atoms with Crippen molar-refractivity contribution in [2.75, 3.05) is 6.61 Å². The molecule has 0 radical (unpaired) electrons. The molecule has 118 valence electrons. The molecule has 1 N–H and O–H groups in total. The molecule has 0 heterocycles. The molecule has 0 atom stereocenters. The molecule has 21 heavy (non-hydrogen) atoms. The Hall–Kier alpha value is -0.600. The predicted octanol–water partition coefficient (Wildman–Crippen LogP) is 5.24. The van der Waals surface area contributed by atoms with Gasteiger partial charge in [0.25, 0.3) is 0 Å². The van der Waals surface area contributed by atoms with Crippen LogP contribution in [0.5, 0.6) is 0 Å². The lowest BCUT2D eigenvalue weighted by atomic mass is 9.62. The van der Waals surface area contributed by atoms with Crippen LogP contribution in [0.2, 0.25) is 5.02 Å². The van der Waals surface area contributed by atoms with Gasteiger partial charge in [-0.2, -0.15) is 0 Å². The molecule has 0 bridgehead atoms. The molecule has 0 aromatic heterocycles. The van der Waals surface area contributed by atoms with Crippen LogP contribution in [0.25, 0.3) is 0 Å². The lowest BCUT2D eigenvalue weighted by Crippen LogP contribution is -2.36. The first-order chi connectivity index (χ1) is 9.76. The van der Waals surface area contributed by atoms with Gasteiger partial charge in [0.1, 0.15) is 5.82 Å². The molecule has 1 nitrogen and oxygen atoms in total. The van der Waals surface area contributed by atoms with Gasteiger partial charge in [-0.25, -0.2) is 4.39 Å². The second kappa shape index (κ2) is 6.26. The van der Waals surface area contributed by atoms with Crippen LogP contribution in [0, 0.1) is 22.6 Å². The van der Waals surface area contributed by atoms with E-state index < -0.39 is 0 Å². The quantitative estimate of drug-likeness (QED) is 0.809. The average molecular weight is 313 g/mol. The Morgan fingerprint density at radius 2 is 1.90 bits per heavy atom. The summed E-state index contributed by atoms with van der Waals surface area (Å²) >= 11 is 5.98. The summed E-state index contributed by atoms with van der Waals surface area (Å²) in [6.45, 7) is 6.95. The highest BCUT2D eigenvalue weighted by molar-refractivity contribution is 6.30.